The first-order valence-corrected chi connectivity index (χ1v) is 12.8. The zero-order valence-electron chi connectivity index (χ0n) is 22.3. The van der Waals surface area contributed by atoms with Crippen molar-refractivity contribution in [3.05, 3.63) is 107 Å². The standard InChI is InChI=1S/C30H26F2N6O3/c1-34-16-24-18-37(23-11-9-22(10-12-23)30(31,32)21-6-4-3-5-7-21)29(40)27-25(17-35-38(24)27)36-28(39)19-8-13-26(41-2)20(14-19)15-33/h3-14,17,24,34H,16,18H2,1-2H3,(H,36,39). The minimum atomic E-state index is -3.21. The van der Waals surface area contributed by atoms with Crippen molar-refractivity contribution in [2.45, 2.75) is 12.0 Å². The predicted octanol–water partition coefficient (Wildman–Crippen LogP) is 4.58. The zero-order valence-corrected chi connectivity index (χ0v) is 22.3. The second kappa shape index (κ2) is 11.2. The lowest BCUT2D eigenvalue weighted by atomic mass is 10.00. The molecule has 0 saturated carbocycles. The highest BCUT2D eigenvalue weighted by Gasteiger charge is 2.37. The highest BCUT2D eigenvalue weighted by molar-refractivity contribution is 6.13. The third-order valence-corrected chi connectivity index (χ3v) is 6.93. The Labute approximate surface area is 235 Å². The molecule has 2 amide bonds. The molecule has 1 atom stereocenters. The van der Waals surface area contributed by atoms with E-state index >= 15 is 8.78 Å². The first kappa shape index (κ1) is 27.5. The number of benzene rings is 3. The topological polar surface area (TPSA) is 112 Å². The SMILES string of the molecule is CNCC1CN(c2ccc(C(F)(F)c3ccccc3)cc2)C(=O)c2c(NC(=O)c3ccc(OC)c(C#N)c3)cnn21. The summed E-state index contributed by atoms with van der Waals surface area (Å²) in [6, 6.07) is 19.3. The van der Waals surface area contributed by atoms with E-state index in [4.69, 9.17) is 4.74 Å². The Hall–Kier alpha value is -5.08. The lowest BCUT2D eigenvalue weighted by Crippen LogP contribution is -2.46. The molecular weight excluding hydrogens is 530 g/mol. The van der Waals surface area contributed by atoms with Crippen molar-refractivity contribution in [2.75, 3.05) is 37.5 Å². The monoisotopic (exact) mass is 556 g/mol. The molecule has 5 rings (SSSR count). The van der Waals surface area contributed by atoms with Crippen LogP contribution in [-0.4, -0.2) is 48.8 Å². The molecule has 41 heavy (non-hydrogen) atoms. The Bertz CT molecular complexity index is 1630. The van der Waals surface area contributed by atoms with E-state index in [9.17, 15) is 14.9 Å². The van der Waals surface area contributed by atoms with Gasteiger partial charge in [0.05, 0.1) is 37.1 Å². The number of aromatic nitrogens is 2. The van der Waals surface area contributed by atoms with Gasteiger partial charge in [0.2, 0.25) is 0 Å². The molecule has 208 valence electrons. The number of amides is 2. The lowest BCUT2D eigenvalue weighted by Gasteiger charge is -2.34. The third kappa shape index (κ3) is 5.13. The minimum absolute atomic E-state index is 0.126. The number of rotatable bonds is 8. The second-order valence-electron chi connectivity index (χ2n) is 9.45. The Morgan fingerprint density at radius 2 is 1.83 bits per heavy atom. The number of hydrogen-bond acceptors (Lipinski definition) is 6. The van der Waals surface area contributed by atoms with Gasteiger partial charge in [-0.25, -0.2) is 0 Å². The molecule has 11 heteroatoms. The maximum absolute atomic E-state index is 15.1. The lowest BCUT2D eigenvalue weighted by molar-refractivity contribution is 0.0428. The maximum Gasteiger partial charge on any atom is 0.298 e. The average molecular weight is 557 g/mol. The summed E-state index contributed by atoms with van der Waals surface area (Å²) in [5, 5.41) is 19.5. The van der Waals surface area contributed by atoms with Gasteiger partial charge in [-0.1, -0.05) is 42.5 Å². The van der Waals surface area contributed by atoms with Gasteiger partial charge in [-0.15, -0.1) is 0 Å². The van der Waals surface area contributed by atoms with Crippen molar-refractivity contribution < 1.29 is 23.1 Å². The number of halogens is 2. The van der Waals surface area contributed by atoms with Gasteiger partial charge in [-0.05, 0) is 37.4 Å². The smallest absolute Gasteiger partial charge is 0.298 e. The van der Waals surface area contributed by atoms with Gasteiger partial charge < -0.3 is 20.3 Å². The molecule has 1 aliphatic heterocycles. The number of nitrogens with zero attached hydrogens (tertiary/aromatic N) is 4. The Kier molecular flexibility index (Phi) is 7.50. The molecule has 2 N–H and O–H groups in total. The van der Waals surface area contributed by atoms with Crippen molar-refractivity contribution in [2.24, 2.45) is 0 Å². The molecule has 1 aromatic heterocycles. The van der Waals surface area contributed by atoms with E-state index in [1.54, 1.807) is 29.9 Å². The summed E-state index contributed by atoms with van der Waals surface area (Å²) in [5.74, 6) is -3.86. The summed E-state index contributed by atoms with van der Waals surface area (Å²) in [6.07, 6.45) is 1.40. The molecule has 9 nitrogen and oxygen atoms in total. The van der Waals surface area contributed by atoms with Crippen molar-refractivity contribution in [3.8, 4) is 11.8 Å². The van der Waals surface area contributed by atoms with Gasteiger partial charge >= 0.3 is 0 Å². The summed E-state index contributed by atoms with van der Waals surface area (Å²) in [7, 11) is 3.19. The number of ether oxygens (including phenoxy) is 1. The molecule has 0 aliphatic carbocycles. The second-order valence-corrected chi connectivity index (χ2v) is 9.45. The summed E-state index contributed by atoms with van der Waals surface area (Å²) in [6.45, 7) is 0.695. The van der Waals surface area contributed by atoms with E-state index in [1.807, 2.05) is 6.07 Å². The number of fused-ring (bicyclic) bond motifs is 1. The first-order valence-electron chi connectivity index (χ1n) is 12.8. The number of hydrogen-bond donors (Lipinski definition) is 2. The molecule has 0 radical (unpaired) electrons. The Morgan fingerprint density at radius 3 is 2.49 bits per heavy atom. The van der Waals surface area contributed by atoms with Crippen molar-refractivity contribution in [1.29, 1.82) is 5.26 Å². The van der Waals surface area contributed by atoms with Gasteiger partial charge in [-0.3, -0.25) is 14.3 Å². The molecule has 3 aromatic carbocycles. The number of likely N-dealkylation sites (N-methyl/N-ethyl adjacent to an activating group) is 1. The molecule has 1 aliphatic rings. The number of carbonyl (C=O) groups is 2. The van der Waals surface area contributed by atoms with E-state index in [-0.39, 0.29) is 46.2 Å². The van der Waals surface area contributed by atoms with Gasteiger partial charge in [0.25, 0.3) is 17.7 Å². The number of nitriles is 1. The summed E-state index contributed by atoms with van der Waals surface area (Å²) >= 11 is 0. The van der Waals surface area contributed by atoms with Crippen LogP contribution >= 0.6 is 0 Å². The number of carbonyl (C=O) groups excluding carboxylic acids is 2. The van der Waals surface area contributed by atoms with E-state index in [1.165, 1.54) is 72.8 Å². The number of anilines is 2. The molecule has 4 aromatic rings. The highest BCUT2D eigenvalue weighted by atomic mass is 19.3. The summed E-state index contributed by atoms with van der Waals surface area (Å²) < 4.78 is 36.9. The Morgan fingerprint density at radius 1 is 1.12 bits per heavy atom. The fraction of sp³-hybridized carbons (Fsp3) is 0.200. The van der Waals surface area contributed by atoms with Crippen LogP contribution in [0.25, 0.3) is 0 Å². The molecule has 0 saturated heterocycles. The van der Waals surface area contributed by atoms with E-state index in [0.29, 0.717) is 18.0 Å². The highest BCUT2D eigenvalue weighted by Crippen LogP contribution is 2.37. The molecule has 0 spiro atoms. The number of nitrogens with one attached hydrogen (secondary N) is 2. The largest absolute Gasteiger partial charge is 0.495 e. The van der Waals surface area contributed by atoms with Crippen LogP contribution in [0.1, 0.15) is 43.6 Å². The first-order chi connectivity index (χ1) is 19.8. The van der Waals surface area contributed by atoms with Crippen molar-refractivity contribution >= 4 is 23.2 Å². The zero-order chi connectivity index (χ0) is 29.1. The third-order valence-electron chi connectivity index (χ3n) is 6.93. The van der Waals surface area contributed by atoms with Gasteiger partial charge in [0.15, 0.2) is 5.69 Å². The van der Waals surface area contributed by atoms with Crippen molar-refractivity contribution in [1.82, 2.24) is 15.1 Å². The molecule has 0 fully saturated rings. The average Bonchev–Trinajstić information content (AvgIpc) is 3.43. The molecule has 1 unspecified atom stereocenters. The predicted molar refractivity (Wildman–Crippen MR) is 148 cm³/mol. The van der Waals surface area contributed by atoms with E-state index < -0.39 is 17.7 Å². The Balaban J connectivity index is 1.44. The van der Waals surface area contributed by atoms with Crippen LogP contribution in [0.4, 0.5) is 20.2 Å². The maximum atomic E-state index is 15.1. The normalized spacial score (nSPS) is 14.8. The van der Waals surface area contributed by atoms with Crippen LogP contribution in [0.5, 0.6) is 5.75 Å². The van der Waals surface area contributed by atoms with Crippen LogP contribution in [0.15, 0.2) is 79.0 Å². The quantitative estimate of drug-likeness (QED) is 0.329. The molecular formula is C30H26F2N6O3. The minimum Gasteiger partial charge on any atom is -0.495 e. The fourth-order valence-corrected chi connectivity index (χ4v) is 4.85. The molecule has 0 bridgehead atoms. The molecule has 2 heterocycles. The van der Waals surface area contributed by atoms with Gasteiger partial charge in [-0.2, -0.15) is 19.1 Å². The number of alkyl halides is 2. The van der Waals surface area contributed by atoms with Gasteiger partial charge in [0.1, 0.15) is 11.8 Å². The van der Waals surface area contributed by atoms with Crippen LogP contribution < -0.4 is 20.3 Å². The van der Waals surface area contributed by atoms with Crippen LogP contribution in [0, 0.1) is 11.3 Å². The van der Waals surface area contributed by atoms with Crippen LogP contribution in [0.2, 0.25) is 0 Å². The summed E-state index contributed by atoms with van der Waals surface area (Å²) in [4.78, 5) is 28.3. The van der Waals surface area contributed by atoms with Crippen molar-refractivity contribution in [3.63, 3.8) is 0 Å². The van der Waals surface area contributed by atoms with E-state index in [2.05, 4.69) is 15.7 Å². The number of methoxy groups -OCH3 is 1. The van der Waals surface area contributed by atoms with Crippen LogP contribution in [-0.2, 0) is 5.92 Å². The van der Waals surface area contributed by atoms with Crippen LogP contribution in [0.3, 0.4) is 0 Å². The van der Waals surface area contributed by atoms with E-state index in [0.717, 1.165) is 0 Å². The van der Waals surface area contributed by atoms with Gasteiger partial charge in [0, 0.05) is 28.9 Å². The fourth-order valence-electron chi connectivity index (χ4n) is 4.85. The summed E-state index contributed by atoms with van der Waals surface area (Å²) in [5.41, 5.74) is 0.836.